The Morgan fingerprint density at radius 3 is 2.90 bits per heavy atom. The minimum atomic E-state index is -1.10. The smallest absolute Gasteiger partial charge is 0.338 e. The molecule has 0 bridgehead atoms. The van der Waals surface area contributed by atoms with Crippen LogP contribution in [-0.2, 0) is 4.79 Å². The van der Waals surface area contributed by atoms with Gasteiger partial charge in [-0.25, -0.2) is 9.78 Å². The van der Waals surface area contributed by atoms with Crippen LogP contribution >= 0.6 is 0 Å². The van der Waals surface area contributed by atoms with E-state index in [0.29, 0.717) is 0 Å². The molecule has 5 nitrogen and oxygen atoms in total. The van der Waals surface area contributed by atoms with E-state index in [1.807, 2.05) is 0 Å². The largest absolute Gasteiger partial charge is 0.478 e. The van der Waals surface area contributed by atoms with E-state index in [-0.39, 0.29) is 11.4 Å². The van der Waals surface area contributed by atoms with E-state index in [2.05, 4.69) is 21.8 Å². The van der Waals surface area contributed by atoms with Crippen LogP contribution in [0.4, 0.5) is 0 Å². The van der Waals surface area contributed by atoms with E-state index < -0.39 is 5.97 Å². The van der Waals surface area contributed by atoms with E-state index in [1.165, 1.54) is 6.33 Å². The van der Waals surface area contributed by atoms with Crippen LogP contribution in [0.2, 0.25) is 0 Å². The van der Waals surface area contributed by atoms with Crippen molar-refractivity contribution < 1.29 is 9.90 Å². The molecular formula is C5H5N3O2. The van der Waals surface area contributed by atoms with E-state index in [9.17, 15) is 4.79 Å². The topological polar surface area (TPSA) is 78.9 Å². The zero-order valence-corrected chi connectivity index (χ0v) is 5.03. The summed E-state index contributed by atoms with van der Waals surface area (Å²) in [6, 6.07) is 0. The normalized spacial score (nSPS) is 9.20. The van der Waals surface area contributed by atoms with Crippen LogP contribution in [0.1, 0.15) is 5.82 Å². The fourth-order valence-electron chi connectivity index (χ4n) is 0.452. The van der Waals surface area contributed by atoms with Crippen molar-refractivity contribution in [3.63, 3.8) is 0 Å². The Morgan fingerprint density at radius 1 is 1.80 bits per heavy atom. The maximum atomic E-state index is 10.2. The molecule has 0 amide bonds. The lowest BCUT2D eigenvalue weighted by Gasteiger charge is -1.89. The van der Waals surface area contributed by atoms with Crippen molar-refractivity contribution in [1.29, 1.82) is 0 Å². The van der Waals surface area contributed by atoms with Crippen LogP contribution in [0.25, 0.3) is 5.57 Å². The summed E-state index contributed by atoms with van der Waals surface area (Å²) < 4.78 is 0. The lowest BCUT2D eigenvalue weighted by atomic mass is 10.3. The fourth-order valence-corrected chi connectivity index (χ4v) is 0.452. The Kier molecular flexibility index (Phi) is 1.49. The second-order valence-corrected chi connectivity index (χ2v) is 1.62. The first-order valence-electron chi connectivity index (χ1n) is 2.49. The number of hydrogen-bond donors (Lipinski definition) is 2. The first-order chi connectivity index (χ1) is 4.72. The van der Waals surface area contributed by atoms with Crippen molar-refractivity contribution in [3.05, 3.63) is 18.7 Å². The Morgan fingerprint density at radius 2 is 2.50 bits per heavy atom. The fraction of sp³-hybridized carbons (Fsp3) is 0. The van der Waals surface area contributed by atoms with Gasteiger partial charge in [0.15, 0.2) is 5.82 Å². The van der Waals surface area contributed by atoms with Crippen molar-refractivity contribution in [3.8, 4) is 0 Å². The summed E-state index contributed by atoms with van der Waals surface area (Å²) in [5.74, 6) is -0.913. The number of nitrogens with one attached hydrogen (secondary N) is 1. The molecule has 0 saturated carbocycles. The van der Waals surface area contributed by atoms with Gasteiger partial charge in [-0.1, -0.05) is 6.58 Å². The van der Waals surface area contributed by atoms with Crippen LogP contribution in [0.15, 0.2) is 12.9 Å². The third-order valence-electron chi connectivity index (χ3n) is 0.959. The van der Waals surface area contributed by atoms with Gasteiger partial charge in [0.25, 0.3) is 0 Å². The SMILES string of the molecule is C=C(C(=O)O)c1ncn[nH]1. The molecular weight excluding hydrogens is 134 g/mol. The van der Waals surface area contributed by atoms with Crippen LogP contribution in [0.5, 0.6) is 0 Å². The molecule has 52 valence electrons. The molecule has 0 spiro atoms. The summed E-state index contributed by atoms with van der Waals surface area (Å²) in [7, 11) is 0. The van der Waals surface area contributed by atoms with Crippen molar-refractivity contribution in [2.24, 2.45) is 0 Å². The Labute approximate surface area is 56.4 Å². The molecule has 0 fully saturated rings. The standard InChI is InChI=1S/C5H5N3O2/c1-3(5(9)10)4-6-2-7-8-4/h2H,1H2,(H,9,10)(H,6,7,8). The Balaban J connectivity index is 2.88. The number of aromatic nitrogens is 3. The number of hydrogen-bond acceptors (Lipinski definition) is 3. The molecule has 0 aliphatic heterocycles. The second-order valence-electron chi connectivity index (χ2n) is 1.62. The molecule has 0 atom stereocenters. The van der Waals surface area contributed by atoms with Gasteiger partial charge in [-0.2, -0.15) is 5.10 Å². The van der Waals surface area contributed by atoms with Gasteiger partial charge in [0.05, 0.1) is 5.57 Å². The number of carboxylic acid groups (broad SMARTS) is 1. The average molecular weight is 139 g/mol. The van der Waals surface area contributed by atoms with Gasteiger partial charge >= 0.3 is 5.97 Å². The monoisotopic (exact) mass is 139 g/mol. The van der Waals surface area contributed by atoms with Crippen molar-refractivity contribution in [2.75, 3.05) is 0 Å². The van der Waals surface area contributed by atoms with Crippen molar-refractivity contribution in [2.45, 2.75) is 0 Å². The van der Waals surface area contributed by atoms with E-state index in [0.717, 1.165) is 0 Å². The van der Waals surface area contributed by atoms with Crippen LogP contribution < -0.4 is 0 Å². The molecule has 1 heterocycles. The number of aromatic amines is 1. The molecule has 1 aromatic heterocycles. The lowest BCUT2D eigenvalue weighted by Crippen LogP contribution is -1.99. The van der Waals surface area contributed by atoms with Gasteiger partial charge in [-0.3, -0.25) is 5.10 Å². The highest BCUT2D eigenvalue weighted by atomic mass is 16.4. The van der Waals surface area contributed by atoms with E-state index >= 15 is 0 Å². The minimum Gasteiger partial charge on any atom is -0.478 e. The van der Waals surface area contributed by atoms with Gasteiger partial charge in [0, 0.05) is 0 Å². The molecule has 0 aliphatic rings. The predicted octanol–water partition coefficient (Wildman–Crippen LogP) is -0.0975. The van der Waals surface area contributed by atoms with E-state index in [1.54, 1.807) is 0 Å². The third-order valence-corrected chi connectivity index (χ3v) is 0.959. The maximum Gasteiger partial charge on any atom is 0.338 e. The third kappa shape index (κ3) is 1.02. The molecule has 1 aromatic rings. The summed E-state index contributed by atoms with van der Waals surface area (Å²) in [6.45, 7) is 3.26. The highest BCUT2D eigenvalue weighted by Crippen LogP contribution is 2.02. The lowest BCUT2D eigenvalue weighted by molar-refractivity contribution is -0.130. The van der Waals surface area contributed by atoms with Crippen LogP contribution in [0.3, 0.4) is 0 Å². The molecule has 5 heteroatoms. The average Bonchev–Trinajstić information content (AvgIpc) is 2.36. The number of rotatable bonds is 2. The van der Waals surface area contributed by atoms with Crippen molar-refractivity contribution in [1.82, 2.24) is 15.2 Å². The number of H-pyrrole nitrogens is 1. The molecule has 10 heavy (non-hydrogen) atoms. The van der Waals surface area contributed by atoms with Gasteiger partial charge < -0.3 is 5.11 Å². The second kappa shape index (κ2) is 2.30. The number of aliphatic carboxylic acids is 1. The summed E-state index contributed by atoms with van der Waals surface area (Å²) in [5, 5.41) is 14.2. The maximum absolute atomic E-state index is 10.2. The molecule has 0 aliphatic carbocycles. The highest BCUT2D eigenvalue weighted by Gasteiger charge is 2.08. The molecule has 0 unspecified atom stereocenters. The summed E-state index contributed by atoms with van der Waals surface area (Å²) in [4.78, 5) is 13.8. The zero-order valence-electron chi connectivity index (χ0n) is 5.03. The van der Waals surface area contributed by atoms with Gasteiger partial charge in [0.1, 0.15) is 6.33 Å². The molecule has 0 aromatic carbocycles. The Hall–Kier alpha value is -1.65. The molecule has 2 N–H and O–H groups in total. The van der Waals surface area contributed by atoms with Crippen LogP contribution in [-0.4, -0.2) is 26.3 Å². The van der Waals surface area contributed by atoms with Gasteiger partial charge in [0.2, 0.25) is 0 Å². The first-order valence-corrected chi connectivity index (χ1v) is 2.49. The molecule has 1 rings (SSSR count). The summed E-state index contributed by atoms with van der Waals surface area (Å²) in [6.07, 6.45) is 1.23. The van der Waals surface area contributed by atoms with Crippen LogP contribution in [0, 0.1) is 0 Å². The van der Waals surface area contributed by atoms with Crippen molar-refractivity contribution >= 4 is 11.5 Å². The number of nitrogens with zero attached hydrogens (tertiary/aromatic N) is 2. The summed E-state index contributed by atoms with van der Waals surface area (Å²) in [5.41, 5.74) is -0.0856. The van der Waals surface area contributed by atoms with Gasteiger partial charge in [-0.15, -0.1) is 0 Å². The number of carboxylic acids is 1. The predicted molar refractivity (Wildman–Crippen MR) is 33.1 cm³/mol. The van der Waals surface area contributed by atoms with E-state index in [4.69, 9.17) is 5.11 Å². The molecule has 0 radical (unpaired) electrons. The quantitative estimate of drug-likeness (QED) is 0.561. The first kappa shape index (κ1) is 6.47. The Bertz CT molecular complexity index is 252. The highest BCUT2D eigenvalue weighted by molar-refractivity contribution is 6.13. The zero-order chi connectivity index (χ0) is 7.56. The summed E-state index contributed by atoms with van der Waals surface area (Å²) >= 11 is 0. The minimum absolute atomic E-state index is 0.0856. The van der Waals surface area contributed by atoms with Gasteiger partial charge in [-0.05, 0) is 0 Å². The number of carbonyl (C=O) groups is 1. The molecule has 0 saturated heterocycles.